The van der Waals surface area contributed by atoms with Crippen molar-refractivity contribution < 1.29 is 0 Å². The summed E-state index contributed by atoms with van der Waals surface area (Å²) in [5, 5.41) is 8.88. The standard InChI is InChI=1S/C18H20N2S/c19-12-7-13-20(18-10-5-2-6-11-18)14-17(15-21)16-8-3-1-4-9-16/h1-6,8-11,17,21H,7,13-15H2. The Morgan fingerprint density at radius 3 is 2.19 bits per heavy atom. The maximum Gasteiger partial charge on any atom is 0.0640 e. The van der Waals surface area contributed by atoms with Crippen LogP contribution in [0.4, 0.5) is 5.69 Å². The largest absolute Gasteiger partial charge is 0.370 e. The molecule has 0 aliphatic heterocycles. The molecule has 0 aliphatic rings. The van der Waals surface area contributed by atoms with Gasteiger partial charge in [-0.25, -0.2) is 0 Å². The lowest BCUT2D eigenvalue weighted by molar-refractivity contribution is 0.698. The third-order valence-corrected chi connectivity index (χ3v) is 3.99. The Kier molecular flexibility index (Phi) is 6.18. The van der Waals surface area contributed by atoms with Crippen molar-refractivity contribution in [2.24, 2.45) is 0 Å². The van der Waals surface area contributed by atoms with E-state index >= 15 is 0 Å². The van der Waals surface area contributed by atoms with Gasteiger partial charge in [-0.15, -0.1) is 0 Å². The van der Waals surface area contributed by atoms with Gasteiger partial charge in [-0.3, -0.25) is 0 Å². The maximum absolute atomic E-state index is 8.88. The Morgan fingerprint density at radius 1 is 1.00 bits per heavy atom. The van der Waals surface area contributed by atoms with Crippen LogP contribution < -0.4 is 4.90 Å². The van der Waals surface area contributed by atoms with Crippen LogP contribution in [0.5, 0.6) is 0 Å². The van der Waals surface area contributed by atoms with Gasteiger partial charge in [-0.05, 0) is 23.4 Å². The first kappa shape index (κ1) is 15.5. The lowest BCUT2D eigenvalue weighted by Gasteiger charge is -2.28. The monoisotopic (exact) mass is 296 g/mol. The summed E-state index contributed by atoms with van der Waals surface area (Å²) in [6.07, 6.45) is 0.531. The van der Waals surface area contributed by atoms with Crippen molar-refractivity contribution in [1.82, 2.24) is 0 Å². The number of para-hydroxylation sites is 1. The first-order valence-corrected chi connectivity index (χ1v) is 7.81. The van der Waals surface area contributed by atoms with E-state index in [9.17, 15) is 0 Å². The summed E-state index contributed by atoms with van der Waals surface area (Å²) in [6, 6.07) is 23.0. The summed E-state index contributed by atoms with van der Waals surface area (Å²) in [5.74, 6) is 1.15. The van der Waals surface area contributed by atoms with Gasteiger partial charge in [0.05, 0.1) is 12.5 Å². The van der Waals surface area contributed by atoms with E-state index in [1.807, 2.05) is 24.3 Å². The summed E-state index contributed by atoms with van der Waals surface area (Å²) in [6.45, 7) is 1.62. The molecule has 0 heterocycles. The number of benzene rings is 2. The number of nitrogens with zero attached hydrogens (tertiary/aromatic N) is 2. The molecule has 0 fully saturated rings. The van der Waals surface area contributed by atoms with Gasteiger partial charge in [0.15, 0.2) is 0 Å². The fourth-order valence-corrected chi connectivity index (χ4v) is 2.74. The lowest BCUT2D eigenvalue weighted by Crippen LogP contribution is -2.30. The Bertz CT molecular complexity index is 563. The molecular formula is C18H20N2S. The van der Waals surface area contributed by atoms with Crippen molar-refractivity contribution in [3.8, 4) is 6.07 Å². The SMILES string of the molecule is N#CCCN(CC(CS)c1ccccc1)c1ccccc1. The van der Waals surface area contributed by atoms with Crippen LogP contribution in [-0.4, -0.2) is 18.8 Å². The molecule has 0 N–H and O–H groups in total. The van der Waals surface area contributed by atoms with Crippen LogP contribution in [-0.2, 0) is 0 Å². The van der Waals surface area contributed by atoms with E-state index in [1.165, 1.54) is 5.56 Å². The molecule has 108 valence electrons. The number of hydrogen-bond donors (Lipinski definition) is 1. The number of rotatable bonds is 7. The molecule has 2 rings (SSSR count). The van der Waals surface area contributed by atoms with Crippen molar-refractivity contribution in [2.75, 3.05) is 23.7 Å². The van der Waals surface area contributed by atoms with Crippen LogP contribution >= 0.6 is 12.6 Å². The highest BCUT2D eigenvalue weighted by molar-refractivity contribution is 7.80. The first-order chi connectivity index (χ1) is 10.3. The fourth-order valence-electron chi connectivity index (χ4n) is 2.41. The number of anilines is 1. The Labute approximate surface area is 132 Å². The summed E-state index contributed by atoms with van der Waals surface area (Å²) in [4.78, 5) is 2.27. The molecular weight excluding hydrogens is 276 g/mol. The molecule has 1 unspecified atom stereocenters. The fraction of sp³-hybridized carbons (Fsp3) is 0.278. The highest BCUT2D eigenvalue weighted by Crippen LogP contribution is 2.22. The highest BCUT2D eigenvalue weighted by atomic mass is 32.1. The molecule has 1 atom stereocenters. The minimum Gasteiger partial charge on any atom is -0.370 e. The predicted molar refractivity (Wildman–Crippen MR) is 91.9 cm³/mol. The normalized spacial score (nSPS) is 11.6. The zero-order valence-corrected chi connectivity index (χ0v) is 12.9. The van der Waals surface area contributed by atoms with Gasteiger partial charge in [-0.2, -0.15) is 17.9 Å². The van der Waals surface area contributed by atoms with Crippen molar-refractivity contribution >= 4 is 18.3 Å². The molecule has 0 bridgehead atoms. The molecule has 2 aromatic rings. The van der Waals surface area contributed by atoms with Crippen molar-refractivity contribution in [1.29, 1.82) is 5.26 Å². The van der Waals surface area contributed by atoms with Crippen LogP contribution in [0.25, 0.3) is 0 Å². The van der Waals surface area contributed by atoms with Crippen LogP contribution in [0.1, 0.15) is 17.9 Å². The van der Waals surface area contributed by atoms with Gasteiger partial charge in [-0.1, -0.05) is 48.5 Å². The van der Waals surface area contributed by atoms with E-state index in [4.69, 9.17) is 5.26 Å². The molecule has 21 heavy (non-hydrogen) atoms. The summed E-state index contributed by atoms with van der Waals surface area (Å²) in [5.41, 5.74) is 2.46. The molecule has 2 nitrogen and oxygen atoms in total. The van der Waals surface area contributed by atoms with E-state index in [0.717, 1.165) is 24.5 Å². The van der Waals surface area contributed by atoms with Crippen LogP contribution in [0.15, 0.2) is 60.7 Å². The van der Waals surface area contributed by atoms with Crippen molar-refractivity contribution in [3.05, 3.63) is 66.2 Å². The predicted octanol–water partition coefficient (Wildman–Crippen LogP) is 4.12. The molecule has 0 aromatic heterocycles. The van der Waals surface area contributed by atoms with Crippen molar-refractivity contribution in [2.45, 2.75) is 12.3 Å². The highest BCUT2D eigenvalue weighted by Gasteiger charge is 2.15. The summed E-state index contributed by atoms with van der Waals surface area (Å²) < 4.78 is 0. The molecule has 0 aliphatic carbocycles. The molecule has 3 heteroatoms. The molecule has 0 spiro atoms. The third kappa shape index (κ3) is 4.54. The van der Waals surface area contributed by atoms with Gasteiger partial charge in [0.25, 0.3) is 0 Å². The van der Waals surface area contributed by atoms with Gasteiger partial charge < -0.3 is 4.90 Å². The van der Waals surface area contributed by atoms with Gasteiger partial charge in [0, 0.05) is 24.7 Å². The average molecular weight is 296 g/mol. The Hall–Kier alpha value is -1.92. The van der Waals surface area contributed by atoms with E-state index in [0.29, 0.717) is 12.3 Å². The van der Waals surface area contributed by atoms with Crippen molar-refractivity contribution in [3.63, 3.8) is 0 Å². The number of thiol groups is 1. The Balaban J connectivity index is 2.15. The zero-order valence-electron chi connectivity index (χ0n) is 12.0. The van der Waals surface area contributed by atoms with E-state index < -0.39 is 0 Å². The van der Waals surface area contributed by atoms with Gasteiger partial charge in [0.2, 0.25) is 0 Å². The first-order valence-electron chi connectivity index (χ1n) is 7.18. The second-order valence-corrected chi connectivity index (χ2v) is 5.35. The van der Waals surface area contributed by atoms with Crippen LogP contribution in [0.3, 0.4) is 0 Å². The van der Waals surface area contributed by atoms with E-state index in [1.54, 1.807) is 0 Å². The maximum atomic E-state index is 8.88. The molecule has 0 radical (unpaired) electrons. The minimum atomic E-state index is 0.355. The summed E-state index contributed by atoms with van der Waals surface area (Å²) >= 11 is 4.51. The van der Waals surface area contributed by atoms with Crippen LogP contribution in [0, 0.1) is 11.3 Å². The lowest BCUT2D eigenvalue weighted by atomic mass is 10.00. The van der Waals surface area contributed by atoms with E-state index in [-0.39, 0.29) is 0 Å². The second kappa shape index (κ2) is 8.39. The second-order valence-electron chi connectivity index (χ2n) is 4.98. The van der Waals surface area contributed by atoms with E-state index in [2.05, 4.69) is 60.0 Å². The molecule has 0 amide bonds. The quantitative estimate of drug-likeness (QED) is 0.778. The molecule has 0 saturated carbocycles. The van der Waals surface area contributed by atoms with Gasteiger partial charge >= 0.3 is 0 Å². The van der Waals surface area contributed by atoms with Gasteiger partial charge in [0.1, 0.15) is 0 Å². The summed E-state index contributed by atoms with van der Waals surface area (Å²) in [7, 11) is 0. The Morgan fingerprint density at radius 2 is 1.62 bits per heavy atom. The topological polar surface area (TPSA) is 27.0 Å². The number of hydrogen-bond acceptors (Lipinski definition) is 3. The number of nitriles is 1. The molecule has 2 aromatic carbocycles. The average Bonchev–Trinajstić information content (AvgIpc) is 2.57. The zero-order chi connectivity index (χ0) is 14.9. The molecule has 0 saturated heterocycles. The van der Waals surface area contributed by atoms with Crippen LogP contribution in [0.2, 0.25) is 0 Å². The third-order valence-electron chi connectivity index (χ3n) is 3.55. The minimum absolute atomic E-state index is 0.355. The smallest absolute Gasteiger partial charge is 0.0640 e.